The predicted octanol–water partition coefficient (Wildman–Crippen LogP) is 3.54. The number of hydrogen-bond donors (Lipinski definition) is 1. The van der Waals surface area contributed by atoms with Crippen LogP contribution in [0.5, 0.6) is 0 Å². The zero-order valence-electron chi connectivity index (χ0n) is 15.5. The third kappa shape index (κ3) is 2.93. The van der Waals surface area contributed by atoms with Crippen LogP contribution in [0.1, 0.15) is 16.1 Å². The van der Waals surface area contributed by atoms with Gasteiger partial charge in [-0.25, -0.2) is 14.7 Å². The molecule has 0 bridgehead atoms. The molecule has 0 saturated heterocycles. The molecule has 5 rings (SSSR count). The molecular formula is C23H14N2O5. The van der Waals surface area contributed by atoms with Gasteiger partial charge in [-0.1, -0.05) is 48.5 Å². The molecule has 30 heavy (non-hydrogen) atoms. The van der Waals surface area contributed by atoms with Crippen LogP contribution in [0, 0.1) is 0 Å². The topological polar surface area (TPSA) is 102 Å². The number of H-pyrrole nitrogens is 1. The number of fused-ring (bicyclic) bond motifs is 4. The first-order valence-corrected chi connectivity index (χ1v) is 9.21. The molecule has 5 aromatic rings. The van der Waals surface area contributed by atoms with Crippen LogP contribution in [-0.2, 0) is 11.3 Å². The molecule has 0 aliphatic carbocycles. The molecule has 0 aliphatic rings. The van der Waals surface area contributed by atoms with Gasteiger partial charge in [0.15, 0.2) is 5.69 Å². The third-order valence-electron chi connectivity index (χ3n) is 4.96. The molecule has 7 nitrogen and oxygen atoms in total. The van der Waals surface area contributed by atoms with E-state index in [0.29, 0.717) is 27.3 Å². The highest BCUT2D eigenvalue weighted by molar-refractivity contribution is 6.07. The molecule has 0 fully saturated rings. The monoisotopic (exact) mass is 398 g/mol. The van der Waals surface area contributed by atoms with Gasteiger partial charge in [0.25, 0.3) is 5.56 Å². The first kappa shape index (κ1) is 17.8. The van der Waals surface area contributed by atoms with E-state index in [1.54, 1.807) is 30.3 Å². The fourth-order valence-corrected chi connectivity index (χ4v) is 3.62. The van der Waals surface area contributed by atoms with Crippen LogP contribution in [0.2, 0.25) is 0 Å². The van der Waals surface area contributed by atoms with Crippen molar-refractivity contribution in [2.24, 2.45) is 0 Å². The van der Waals surface area contributed by atoms with Crippen molar-refractivity contribution in [2.75, 3.05) is 0 Å². The lowest BCUT2D eigenvalue weighted by Gasteiger charge is -2.10. The summed E-state index contributed by atoms with van der Waals surface area (Å²) in [5.41, 5.74) is 0.0269. The van der Waals surface area contributed by atoms with Crippen molar-refractivity contribution in [3.8, 4) is 0 Å². The number of nitrogens with zero attached hydrogens (tertiary/aromatic N) is 1. The molecule has 0 atom stereocenters. The maximum Gasteiger partial charge on any atom is 0.359 e. The summed E-state index contributed by atoms with van der Waals surface area (Å²) in [6, 6.07) is 19.2. The lowest BCUT2D eigenvalue weighted by molar-refractivity contribution is 0.0468. The summed E-state index contributed by atoms with van der Waals surface area (Å²) in [6.45, 7) is -0.149. The minimum atomic E-state index is -0.705. The van der Waals surface area contributed by atoms with Crippen molar-refractivity contribution in [3.05, 3.63) is 98.8 Å². The maximum atomic E-state index is 12.7. The fraction of sp³-hybridized carbons (Fsp3) is 0.0435. The molecule has 0 radical (unpaired) electrons. The molecule has 3 aromatic carbocycles. The molecule has 0 unspecified atom stereocenters. The van der Waals surface area contributed by atoms with E-state index >= 15 is 0 Å². The summed E-state index contributed by atoms with van der Waals surface area (Å²) in [7, 11) is 0. The second kappa shape index (κ2) is 6.97. The number of carbonyl (C=O) groups is 1. The largest absolute Gasteiger partial charge is 0.456 e. The number of nitrogens with one attached hydrogen (secondary N) is 1. The summed E-state index contributed by atoms with van der Waals surface area (Å²) in [5, 5.41) is 9.48. The molecule has 0 saturated carbocycles. The van der Waals surface area contributed by atoms with E-state index in [1.165, 1.54) is 6.07 Å². The number of carbonyl (C=O) groups excluding carboxylic acids is 1. The maximum absolute atomic E-state index is 12.7. The van der Waals surface area contributed by atoms with E-state index in [2.05, 4.69) is 10.2 Å². The molecule has 1 N–H and O–H groups in total. The van der Waals surface area contributed by atoms with Crippen LogP contribution in [0.4, 0.5) is 0 Å². The second-order valence-electron chi connectivity index (χ2n) is 6.77. The van der Waals surface area contributed by atoms with Gasteiger partial charge in [-0.15, -0.1) is 0 Å². The van der Waals surface area contributed by atoms with Gasteiger partial charge in [0, 0.05) is 22.4 Å². The number of aromatic nitrogens is 2. The number of aromatic amines is 1. The quantitative estimate of drug-likeness (QED) is 0.283. The van der Waals surface area contributed by atoms with E-state index < -0.39 is 11.6 Å². The highest BCUT2D eigenvalue weighted by atomic mass is 16.5. The van der Waals surface area contributed by atoms with Crippen molar-refractivity contribution in [1.82, 2.24) is 10.2 Å². The molecule has 2 aromatic heterocycles. The SMILES string of the molecule is O=C(OCc1cc(=O)oc2ccc3ccccc3c12)c1n[nH]c(=O)c2ccccc12. The van der Waals surface area contributed by atoms with E-state index in [9.17, 15) is 14.4 Å². The Balaban J connectivity index is 1.57. The van der Waals surface area contributed by atoms with Gasteiger partial charge < -0.3 is 9.15 Å². The van der Waals surface area contributed by atoms with Crippen molar-refractivity contribution in [3.63, 3.8) is 0 Å². The molecular weight excluding hydrogens is 384 g/mol. The standard InChI is InChI=1S/C23H14N2O5/c26-19-11-14(20-15-6-2-1-5-13(15)9-10-18(20)30-19)12-29-23(28)21-16-7-3-4-8-17(16)22(27)25-24-21/h1-11H,12H2,(H,25,27). The summed E-state index contributed by atoms with van der Waals surface area (Å²) in [4.78, 5) is 36.7. The Labute approximate surface area is 168 Å². The lowest BCUT2D eigenvalue weighted by Crippen LogP contribution is -2.16. The van der Waals surface area contributed by atoms with Crippen molar-refractivity contribution < 1.29 is 13.9 Å². The number of esters is 1. The molecule has 146 valence electrons. The Hall–Kier alpha value is -4.26. The summed E-state index contributed by atoms with van der Waals surface area (Å²) in [6.07, 6.45) is 0. The first-order valence-electron chi connectivity index (χ1n) is 9.21. The molecule has 0 aliphatic heterocycles. The molecule has 0 amide bonds. The van der Waals surface area contributed by atoms with E-state index in [0.717, 1.165) is 10.8 Å². The molecule has 0 spiro atoms. The first-order chi connectivity index (χ1) is 14.6. The summed E-state index contributed by atoms with van der Waals surface area (Å²) in [5.74, 6) is -0.705. The van der Waals surface area contributed by atoms with Gasteiger partial charge in [0.1, 0.15) is 12.2 Å². The van der Waals surface area contributed by atoms with Crippen LogP contribution in [0.25, 0.3) is 32.5 Å². The predicted molar refractivity (Wildman–Crippen MR) is 111 cm³/mol. The number of rotatable bonds is 3. The van der Waals surface area contributed by atoms with Crippen molar-refractivity contribution >= 4 is 38.5 Å². The minimum absolute atomic E-state index is 0.00216. The zero-order chi connectivity index (χ0) is 20.7. The van der Waals surface area contributed by atoms with Gasteiger partial charge in [-0.3, -0.25) is 4.79 Å². The Morgan fingerprint density at radius 3 is 2.50 bits per heavy atom. The average molecular weight is 398 g/mol. The van der Waals surface area contributed by atoms with Gasteiger partial charge in [-0.05, 0) is 22.9 Å². The normalized spacial score (nSPS) is 11.2. The van der Waals surface area contributed by atoms with Gasteiger partial charge in [0.05, 0.1) is 5.39 Å². The van der Waals surface area contributed by atoms with Gasteiger partial charge >= 0.3 is 11.6 Å². The Morgan fingerprint density at radius 2 is 1.67 bits per heavy atom. The zero-order valence-corrected chi connectivity index (χ0v) is 15.5. The number of hydrogen-bond acceptors (Lipinski definition) is 6. The third-order valence-corrected chi connectivity index (χ3v) is 4.96. The highest BCUT2D eigenvalue weighted by Crippen LogP contribution is 2.28. The Kier molecular flexibility index (Phi) is 4.14. The van der Waals surface area contributed by atoms with Gasteiger partial charge in [0.2, 0.25) is 0 Å². The molecule has 7 heteroatoms. The Bertz CT molecular complexity index is 1570. The lowest BCUT2D eigenvalue weighted by atomic mass is 10.0. The summed E-state index contributed by atoms with van der Waals surface area (Å²) >= 11 is 0. The number of ether oxygens (including phenoxy) is 1. The highest BCUT2D eigenvalue weighted by Gasteiger charge is 2.17. The van der Waals surface area contributed by atoms with Gasteiger partial charge in [-0.2, -0.15) is 5.10 Å². The number of benzene rings is 3. The van der Waals surface area contributed by atoms with Crippen molar-refractivity contribution in [2.45, 2.75) is 6.61 Å². The van der Waals surface area contributed by atoms with Crippen LogP contribution >= 0.6 is 0 Å². The van der Waals surface area contributed by atoms with Crippen LogP contribution < -0.4 is 11.2 Å². The van der Waals surface area contributed by atoms with Crippen LogP contribution in [0.3, 0.4) is 0 Å². The molecule has 2 heterocycles. The smallest absolute Gasteiger partial charge is 0.359 e. The fourth-order valence-electron chi connectivity index (χ4n) is 3.62. The van der Waals surface area contributed by atoms with E-state index in [1.807, 2.05) is 30.3 Å². The summed E-state index contributed by atoms with van der Waals surface area (Å²) < 4.78 is 10.8. The average Bonchev–Trinajstić information content (AvgIpc) is 2.77. The second-order valence-corrected chi connectivity index (χ2v) is 6.77. The van der Waals surface area contributed by atoms with Crippen molar-refractivity contribution in [1.29, 1.82) is 0 Å². The van der Waals surface area contributed by atoms with Crippen LogP contribution in [0.15, 0.2) is 80.7 Å². The minimum Gasteiger partial charge on any atom is -0.456 e. The van der Waals surface area contributed by atoms with E-state index in [-0.39, 0.29) is 17.9 Å². The van der Waals surface area contributed by atoms with E-state index in [4.69, 9.17) is 9.15 Å². The Morgan fingerprint density at radius 1 is 0.933 bits per heavy atom. The van der Waals surface area contributed by atoms with Crippen LogP contribution in [-0.4, -0.2) is 16.2 Å².